The first-order valence-corrected chi connectivity index (χ1v) is 7.59. The van der Waals surface area contributed by atoms with Gasteiger partial charge in [-0.1, -0.05) is 23.2 Å². The second kappa shape index (κ2) is 7.84. The smallest absolute Gasteiger partial charge is 0.252 e. The minimum Gasteiger partial charge on any atom is -0.352 e. The summed E-state index contributed by atoms with van der Waals surface area (Å²) in [6.07, 6.45) is 0.934. The fourth-order valence-electron chi connectivity index (χ4n) is 2.21. The number of benzene rings is 1. The number of rotatable bonds is 5. The number of carbonyl (C=O) groups excluding carboxylic acids is 1. The van der Waals surface area contributed by atoms with Gasteiger partial charge in [0.05, 0.1) is 10.6 Å². The molecule has 1 saturated heterocycles. The van der Waals surface area contributed by atoms with E-state index in [9.17, 15) is 4.79 Å². The molecule has 20 heavy (non-hydrogen) atoms. The van der Waals surface area contributed by atoms with Crippen molar-refractivity contribution in [2.45, 2.75) is 6.42 Å². The lowest BCUT2D eigenvalue weighted by Gasteiger charge is -2.27. The van der Waals surface area contributed by atoms with Crippen LogP contribution in [-0.2, 0) is 0 Å². The largest absolute Gasteiger partial charge is 0.352 e. The van der Waals surface area contributed by atoms with Crippen molar-refractivity contribution < 1.29 is 4.79 Å². The third-order valence-corrected chi connectivity index (χ3v) is 3.88. The first-order chi connectivity index (χ1) is 9.66. The lowest BCUT2D eigenvalue weighted by molar-refractivity contribution is 0.0951. The van der Waals surface area contributed by atoms with Crippen LogP contribution >= 0.6 is 23.2 Å². The molecule has 1 fully saturated rings. The lowest BCUT2D eigenvalue weighted by Crippen LogP contribution is -2.44. The Labute approximate surface area is 129 Å². The summed E-state index contributed by atoms with van der Waals surface area (Å²) >= 11 is 11.9. The summed E-state index contributed by atoms with van der Waals surface area (Å²) in [4.78, 5) is 14.4. The molecule has 1 amide bonds. The summed E-state index contributed by atoms with van der Waals surface area (Å²) < 4.78 is 0. The van der Waals surface area contributed by atoms with Crippen molar-refractivity contribution in [2.75, 3.05) is 39.3 Å². The zero-order valence-corrected chi connectivity index (χ0v) is 12.8. The van der Waals surface area contributed by atoms with E-state index in [0.29, 0.717) is 22.2 Å². The monoisotopic (exact) mass is 315 g/mol. The summed E-state index contributed by atoms with van der Waals surface area (Å²) in [6, 6.07) is 4.90. The highest BCUT2D eigenvalue weighted by molar-refractivity contribution is 6.35. The predicted molar refractivity (Wildman–Crippen MR) is 82.7 cm³/mol. The molecule has 0 aromatic heterocycles. The van der Waals surface area contributed by atoms with Gasteiger partial charge in [-0.2, -0.15) is 0 Å². The lowest BCUT2D eigenvalue weighted by atomic mass is 10.2. The molecule has 0 radical (unpaired) electrons. The predicted octanol–water partition coefficient (Wildman–Crippen LogP) is 2.02. The molecule has 1 heterocycles. The first-order valence-electron chi connectivity index (χ1n) is 6.83. The standard InChI is InChI=1S/C14H19Cl2N3O/c15-11-2-3-13(16)12(10-11)14(20)18-4-1-7-19-8-5-17-6-9-19/h2-3,10,17H,1,4-9H2,(H,18,20). The number of piperazine rings is 1. The molecule has 1 aromatic carbocycles. The molecule has 1 aromatic rings. The maximum atomic E-state index is 12.0. The first kappa shape index (κ1) is 15.6. The second-order valence-electron chi connectivity index (χ2n) is 4.83. The van der Waals surface area contributed by atoms with Crippen molar-refractivity contribution in [3.05, 3.63) is 33.8 Å². The molecule has 2 N–H and O–H groups in total. The van der Waals surface area contributed by atoms with Crippen molar-refractivity contribution in [3.63, 3.8) is 0 Å². The molecule has 4 nitrogen and oxygen atoms in total. The van der Waals surface area contributed by atoms with Gasteiger partial charge < -0.3 is 15.5 Å². The minimum absolute atomic E-state index is 0.169. The van der Waals surface area contributed by atoms with Gasteiger partial charge >= 0.3 is 0 Å². The van der Waals surface area contributed by atoms with E-state index >= 15 is 0 Å². The summed E-state index contributed by atoms with van der Waals surface area (Å²) in [5.41, 5.74) is 0.432. The number of carbonyl (C=O) groups is 1. The highest BCUT2D eigenvalue weighted by Crippen LogP contribution is 2.20. The normalized spacial score (nSPS) is 16.1. The zero-order chi connectivity index (χ0) is 14.4. The van der Waals surface area contributed by atoms with E-state index in [1.165, 1.54) is 0 Å². The highest BCUT2D eigenvalue weighted by atomic mass is 35.5. The Kier molecular flexibility index (Phi) is 6.10. The van der Waals surface area contributed by atoms with E-state index < -0.39 is 0 Å². The quantitative estimate of drug-likeness (QED) is 0.817. The number of hydrogen-bond donors (Lipinski definition) is 2. The van der Waals surface area contributed by atoms with Crippen molar-refractivity contribution in [1.29, 1.82) is 0 Å². The van der Waals surface area contributed by atoms with Gasteiger partial charge in [-0.05, 0) is 31.2 Å². The Bertz CT molecular complexity index is 462. The third kappa shape index (κ3) is 4.63. The summed E-state index contributed by atoms with van der Waals surface area (Å²) in [5.74, 6) is -0.169. The molecule has 6 heteroatoms. The maximum absolute atomic E-state index is 12.0. The van der Waals surface area contributed by atoms with Gasteiger partial charge in [-0.25, -0.2) is 0 Å². The molecular formula is C14H19Cl2N3O. The summed E-state index contributed by atoms with van der Waals surface area (Å²) in [5, 5.41) is 7.14. The maximum Gasteiger partial charge on any atom is 0.252 e. The van der Waals surface area contributed by atoms with Crippen molar-refractivity contribution in [3.8, 4) is 0 Å². The fourth-order valence-corrected chi connectivity index (χ4v) is 2.58. The third-order valence-electron chi connectivity index (χ3n) is 3.32. The van der Waals surface area contributed by atoms with E-state index in [1.807, 2.05) is 0 Å². The number of nitrogens with zero attached hydrogens (tertiary/aromatic N) is 1. The van der Waals surface area contributed by atoms with Crippen LogP contribution in [-0.4, -0.2) is 50.1 Å². The van der Waals surface area contributed by atoms with Crippen LogP contribution in [0.2, 0.25) is 10.0 Å². The Morgan fingerprint density at radius 3 is 2.80 bits per heavy atom. The van der Waals surface area contributed by atoms with Crippen molar-refractivity contribution in [1.82, 2.24) is 15.5 Å². The molecule has 2 rings (SSSR count). The van der Waals surface area contributed by atoms with Crippen LogP contribution in [0.15, 0.2) is 18.2 Å². The Morgan fingerprint density at radius 1 is 1.30 bits per heavy atom. The molecule has 0 saturated carbocycles. The average Bonchev–Trinajstić information content (AvgIpc) is 2.47. The molecule has 0 aliphatic carbocycles. The van der Waals surface area contributed by atoms with Gasteiger partial charge in [0, 0.05) is 37.7 Å². The Hall–Kier alpha value is -0.810. The van der Waals surface area contributed by atoms with Gasteiger partial charge in [0.2, 0.25) is 0 Å². The van der Waals surface area contributed by atoms with Crippen molar-refractivity contribution >= 4 is 29.1 Å². The van der Waals surface area contributed by atoms with Crippen LogP contribution in [0.1, 0.15) is 16.8 Å². The minimum atomic E-state index is -0.169. The van der Waals surface area contributed by atoms with Crippen molar-refractivity contribution in [2.24, 2.45) is 0 Å². The van der Waals surface area contributed by atoms with Gasteiger partial charge in [-0.15, -0.1) is 0 Å². The molecule has 110 valence electrons. The van der Waals surface area contributed by atoms with Crippen LogP contribution in [0.4, 0.5) is 0 Å². The average molecular weight is 316 g/mol. The molecule has 0 unspecified atom stereocenters. The number of amides is 1. The molecule has 0 spiro atoms. The molecule has 0 bridgehead atoms. The number of hydrogen-bond acceptors (Lipinski definition) is 3. The van der Waals surface area contributed by atoms with E-state index in [0.717, 1.165) is 39.1 Å². The zero-order valence-electron chi connectivity index (χ0n) is 11.3. The van der Waals surface area contributed by atoms with Crippen LogP contribution in [0.25, 0.3) is 0 Å². The van der Waals surface area contributed by atoms with Crippen LogP contribution in [0.3, 0.4) is 0 Å². The number of halogens is 2. The molecular weight excluding hydrogens is 297 g/mol. The SMILES string of the molecule is O=C(NCCCN1CCNCC1)c1cc(Cl)ccc1Cl. The van der Waals surface area contributed by atoms with E-state index in [4.69, 9.17) is 23.2 Å². The van der Waals surface area contributed by atoms with Gasteiger partial charge in [-0.3, -0.25) is 4.79 Å². The second-order valence-corrected chi connectivity index (χ2v) is 5.67. The summed E-state index contributed by atoms with van der Waals surface area (Å²) in [6.45, 7) is 5.90. The fraction of sp³-hybridized carbons (Fsp3) is 0.500. The highest BCUT2D eigenvalue weighted by Gasteiger charge is 2.11. The van der Waals surface area contributed by atoms with E-state index in [-0.39, 0.29) is 5.91 Å². The van der Waals surface area contributed by atoms with E-state index in [2.05, 4.69) is 15.5 Å². The summed E-state index contributed by atoms with van der Waals surface area (Å²) in [7, 11) is 0. The molecule has 0 atom stereocenters. The van der Waals surface area contributed by atoms with Gasteiger partial charge in [0.15, 0.2) is 0 Å². The Balaban J connectivity index is 1.73. The Morgan fingerprint density at radius 2 is 2.05 bits per heavy atom. The van der Waals surface area contributed by atoms with Gasteiger partial charge in [0.1, 0.15) is 0 Å². The van der Waals surface area contributed by atoms with Gasteiger partial charge in [0.25, 0.3) is 5.91 Å². The van der Waals surface area contributed by atoms with Crippen LogP contribution < -0.4 is 10.6 Å². The topological polar surface area (TPSA) is 44.4 Å². The van der Waals surface area contributed by atoms with Crippen LogP contribution in [0, 0.1) is 0 Å². The van der Waals surface area contributed by atoms with E-state index in [1.54, 1.807) is 18.2 Å². The van der Waals surface area contributed by atoms with Crippen LogP contribution in [0.5, 0.6) is 0 Å². The number of nitrogens with one attached hydrogen (secondary N) is 2. The molecule has 1 aliphatic heterocycles. The molecule has 1 aliphatic rings.